The number of aromatic nitrogens is 2. The standard InChI is InChI=1S/C29H36BrN5O2/c1-20-11-17-35(18-12-20)26-9-5-22(6-10-26)21(2)31-29(36)24-13-15-34(16-14-24)19-27-32-28(33-37-27)23-3-7-25(30)8-4-23/h3-10,20-21,24H,11-19H2,1-2H3,(H,31,36). The van der Waals surface area contributed by atoms with Gasteiger partial charge in [-0.05, 0) is 93.6 Å². The molecule has 7 nitrogen and oxygen atoms in total. The highest BCUT2D eigenvalue weighted by Crippen LogP contribution is 2.26. The van der Waals surface area contributed by atoms with Crippen LogP contribution in [0.2, 0.25) is 0 Å². The van der Waals surface area contributed by atoms with Gasteiger partial charge in [-0.25, -0.2) is 0 Å². The Morgan fingerprint density at radius 3 is 2.38 bits per heavy atom. The highest BCUT2D eigenvalue weighted by Gasteiger charge is 2.27. The minimum Gasteiger partial charge on any atom is -0.372 e. The lowest BCUT2D eigenvalue weighted by Gasteiger charge is -2.32. The summed E-state index contributed by atoms with van der Waals surface area (Å²) < 4.78 is 6.50. The lowest BCUT2D eigenvalue weighted by Crippen LogP contribution is -2.41. The van der Waals surface area contributed by atoms with Gasteiger partial charge in [-0.3, -0.25) is 9.69 Å². The highest BCUT2D eigenvalue weighted by atomic mass is 79.9. The van der Waals surface area contributed by atoms with Crippen LogP contribution in [0.1, 0.15) is 57.0 Å². The fraction of sp³-hybridized carbons (Fsp3) is 0.483. The van der Waals surface area contributed by atoms with Crippen LogP contribution in [-0.4, -0.2) is 47.1 Å². The number of hydrogen-bond donors (Lipinski definition) is 1. The Morgan fingerprint density at radius 1 is 1.03 bits per heavy atom. The molecule has 0 aliphatic carbocycles. The number of carbonyl (C=O) groups excluding carboxylic acids is 1. The lowest BCUT2D eigenvalue weighted by molar-refractivity contribution is -0.127. The molecular weight excluding hydrogens is 530 g/mol. The Kier molecular flexibility index (Phi) is 8.25. The van der Waals surface area contributed by atoms with Crippen molar-refractivity contribution in [3.8, 4) is 11.4 Å². The van der Waals surface area contributed by atoms with Gasteiger partial charge in [0.1, 0.15) is 0 Å². The molecule has 1 aromatic heterocycles. The van der Waals surface area contributed by atoms with Crippen molar-refractivity contribution >= 4 is 27.5 Å². The van der Waals surface area contributed by atoms with Crippen LogP contribution in [-0.2, 0) is 11.3 Å². The second kappa shape index (κ2) is 11.8. The third kappa shape index (κ3) is 6.60. The Labute approximate surface area is 227 Å². The van der Waals surface area contributed by atoms with Crippen molar-refractivity contribution < 1.29 is 9.32 Å². The van der Waals surface area contributed by atoms with Crippen molar-refractivity contribution in [1.82, 2.24) is 20.4 Å². The zero-order valence-corrected chi connectivity index (χ0v) is 23.3. The number of carbonyl (C=O) groups is 1. The molecule has 196 valence electrons. The molecule has 2 saturated heterocycles. The van der Waals surface area contributed by atoms with Gasteiger partial charge in [0.05, 0.1) is 12.6 Å². The average Bonchev–Trinajstić information content (AvgIpc) is 3.38. The minimum atomic E-state index is -0.00335. The third-order valence-corrected chi connectivity index (χ3v) is 8.32. The molecule has 1 atom stereocenters. The molecule has 1 unspecified atom stereocenters. The molecule has 0 radical (unpaired) electrons. The van der Waals surface area contributed by atoms with Crippen molar-refractivity contribution in [3.63, 3.8) is 0 Å². The zero-order valence-electron chi connectivity index (χ0n) is 21.7. The number of nitrogens with zero attached hydrogens (tertiary/aromatic N) is 4. The predicted octanol–water partition coefficient (Wildman–Crippen LogP) is 5.82. The number of benzene rings is 2. The van der Waals surface area contributed by atoms with Gasteiger partial charge in [-0.1, -0.05) is 40.1 Å². The number of nitrogens with one attached hydrogen (secondary N) is 1. The molecule has 1 N–H and O–H groups in total. The summed E-state index contributed by atoms with van der Waals surface area (Å²) in [5, 5.41) is 7.37. The maximum atomic E-state index is 13.0. The normalized spacial score (nSPS) is 18.6. The number of amides is 1. The fourth-order valence-corrected chi connectivity index (χ4v) is 5.50. The van der Waals surface area contributed by atoms with Gasteiger partial charge in [0.15, 0.2) is 0 Å². The second-order valence-corrected chi connectivity index (χ2v) is 11.5. The molecule has 37 heavy (non-hydrogen) atoms. The van der Waals surface area contributed by atoms with Gasteiger partial charge >= 0.3 is 0 Å². The molecule has 5 rings (SSSR count). The first-order valence-corrected chi connectivity index (χ1v) is 14.2. The third-order valence-electron chi connectivity index (χ3n) is 7.79. The Balaban J connectivity index is 1.08. The summed E-state index contributed by atoms with van der Waals surface area (Å²) in [6.07, 6.45) is 4.18. The number of rotatable bonds is 7. The van der Waals surface area contributed by atoms with Crippen molar-refractivity contribution in [2.45, 2.75) is 52.1 Å². The fourth-order valence-electron chi connectivity index (χ4n) is 5.24. The van der Waals surface area contributed by atoms with Gasteiger partial charge in [-0.15, -0.1) is 0 Å². The summed E-state index contributed by atoms with van der Waals surface area (Å²) in [6, 6.07) is 16.6. The van der Waals surface area contributed by atoms with E-state index in [4.69, 9.17) is 4.52 Å². The molecule has 0 spiro atoms. The quantitative estimate of drug-likeness (QED) is 0.388. The monoisotopic (exact) mass is 565 g/mol. The van der Waals surface area contributed by atoms with Crippen LogP contribution in [0, 0.1) is 11.8 Å². The van der Waals surface area contributed by atoms with Gasteiger partial charge in [0.2, 0.25) is 17.6 Å². The van der Waals surface area contributed by atoms with E-state index in [1.807, 2.05) is 24.3 Å². The molecule has 3 aromatic rings. The van der Waals surface area contributed by atoms with E-state index in [2.05, 4.69) is 79.3 Å². The van der Waals surface area contributed by atoms with Crippen LogP contribution >= 0.6 is 15.9 Å². The molecular formula is C29H36BrN5O2. The van der Waals surface area contributed by atoms with Gasteiger partial charge in [0.25, 0.3) is 0 Å². The molecule has 1 amide bonds. The van der Waals surface area contributed by atoms with Crippen LogP contribution in [0.25, 0.3) is 11.4 Å². The Bertz CT molecular complexity index is 1160. The molecule has 2 fully saturated rings. The van der Waals surface area contributed by atoms with E-state index < -0.39 is 0 Å². The number of halogens is 1. The van der Waals surface area contributed by atoms with E-state index in [0.717, 1.165) is 60.5 Å². The maximum Gasteiger partial charge on any atom is 0.241 e. The van der Waals surface area contributed by atoms with E-state index in [-0.39, 0.29) is 17.9 Å². The van der Waals surface area contributed by atoms with E-state index in [0.29, 0.717) is 18.3 Å². The first-order valence-electron chi connectivity index (χ1n) is 13.4. The molecule has 0 bridgehead atoms. The summed E-state index contributed by atoms with van der Waals surface area (Å²) in [4.78, 5) is 22.3. The topological polar surface area (TPSA) is 74.5 Å². The van der Waals surface area contributed by atoms with E-state index in [9.17, 15) is 4.79 Å². The number of piperidine rings is 2. The molecule has 2 aromatic carbocycles. The SMILES string of the molecule is CC1CCN(c2ccc(C(C)NC(=O)C3CCN(Cc4nc(-c5ccc(Br)cc5)no4)CC3)cc2)CC1. The minimum absolute atomic E-state index is 0.00335. The summed E-state index contributed by atoms with van der Waals surface area (Å²) >= 11 is 3.45. The van der Waals surface area contributed by atoms with Gasteiger partial charge < -0.3 is 14.7 Å². The Morgan fingerprint density at radius 2 is 1.70 bits per heavy atom. The average molecular weight is 567 g/mol. The zero-order chi connectivity index (χ0) is 25.8. The van der Waals surface area contributed by atoms with Crippen LogP contribution in [0.5, 0.6) is 0 Å². The number of anilines is 1. The highest BCUT2D eigenvalue weighted by molar-refractivity contribution is 9.10. The van der Waals surface area contributed by atoms with Crippen molar-refractivity contribution in [2.75, 3.05) is 31.1 Å². The van der Waals surface area contributed by atoms with Crippen molar-refractivity contribution in [3.05, 3.63) is 64.5 Å². The predicted molar refractivity (Wildman–Crippen MR) is 149 cm³/mol. The molecule has 8 heteroatoms. The molecule has 0 saturated carbocycles. The first-order chi connectivity index (χ1) is 17.9. The second-order valence-electron chi connectivity index (χ2n) is 10.6. The smallest absolute Gasteiger partial charge is 0.241 e. The van der Waals surface area contributed by atoms with Crippen LogP contribution in [0.15, 0.2) is 57.5 Å². The van der Waals surface area contributed by atoms with E-state index in [1.54, 1.807) is 0 Å². The van der Waals surface area contributed by atoms with Crippen molar-refractivity contribution in [2.24, 2.45) is 11.8 Å². The summed E-state index contributed by atoms with van der Waals surface area (Å²) in [5.74, 6) is 2.22. The van der Waals surface area contributed by atoms with Crippen molar-refractivity contribution in [1.29, 1.82) is 0 Å². The van der Waals surface area contributed by atoms with Gasteiger partial charge in [0, 0.05) is 34.7 Å². The molecule has 2 aliphatic rings. The molecule has 2 aliphatic heterocycles. The lowest BCUT2D eigenvalue weighted by atomic mass is 9.95. The number of hydrogen-bond acceptors (Lipinski definition) is 6. The van der Waals surface area contributed by atoms with Crippen LogP contribution in [0.4, 0.5) is 5.69 Å². The van der Waals surface area contributed by atoms with Crippen LogP contribution < -0.4 is 10.2 Å². The van der Waals surface area contributed by atoms with Gasteiger partial charge in [-0.2, -0.15) is 4.98 Å². The van der Waals surface area contributed by atoms with E-state index in [1.165, 1.54) is 18.5 Å². The number of likely N-dealkylation sites (tertiary alicyclic amines) is 1. The summed E-state index contributed by atoms with van der Waals surface area (Å²) in [5.41, 5.74) is 3.36. The largest absolute Gasteiger partial charge is 0.372 e. The summed E-state index contributed by atoms with van der Waals surface area (Å²) in [6.45, 7) is 8.95. The molecule has 3 heterocycles. The first kappa shape index (κ1) is 25.9. The Hall–Kier alpha value is -2.71. The van der Waals surface area contributed by atoms with Crippen LogP contribution in [0.3, 0.4) is 0 Å². The maximum absolute atomic E-state index is 13.0. The van der Waals surface area contributed by atoms with E-state index >= 15 is 0 Å². The summed E-state index contributed by atoms with van der Waals surface area (Å²) in [7, 11) is 0.